The number of benzene rings is 1. The summed E-state index contributed by atoms with van der Waals surface area (Å²) in [6.07, 6.45) is 3.13. The standard InChI is InChI=1S/C14H20FN/c1-4-16-9-5-6-11(2)13-8-7-12(3)14(15)10-13/h6-8,10,16H,4-5,9H2,1-3H3/b11-6-. The molecule has 0 amide bonds. The van der Waals surface area contributed by atoms with Gasteiger partial charge in [-0.3, -0.25) is 0 Å². The third-order valence-corrected chi connectivity index (χ3v) is 2.65. The highest BCUT2D eigenvalue weighted by atomic mass is 19.1. The summed E-state index contributed by atoms with van der Waals surface area (Å²) in [6.45, 7) is 7.86. The van der Waals surface area contributed by atoms with Crippen LogP contribution in [0.5, 0.6) is 0 Å². The van der Waals surface area contributed by atoms with Crippen molar-refractivity contribution in [3.8, 4) is 0 Å². The summed E-state index contributed by atoms with van der Waals surface area (Å²) in [5.74, 6) is -0.128. The Kier molecular flexibility index (Phi) is 5.20. The van der Waals surface area contributed by atoms with Crippen LogP contribution in [0.15, 0.2) is 24.3 Å². The topological polar surface area (TPSA) is 12.0 Å². The van der Waals surface area contributed by atoms with Gasteiger partial charge in [0, 0.05) is 0 Å². The second kappa shape index (κ2) is 6.44. The summed E-state index contributed by atoms with van der Waals surface area (Å²) in [6, 6.07) is 5.40. The summed E-state index contributed by atoms with van der Waals surface area (Å²) >= 11 is 0. The highest BCUT2D eigenvalue weighted by Gasteiger charge is 2.00. The van der Waals surface area contributed by atoms with Crippen molar-refractivity contribution in [2.75, 3.05) is 13.1 Å². The van der Waals surface area contributed by atoms with E-state index >= 15 is 0 Å². The maximum atomic E-state index is 13.3. The quantitative estimate of drug-likeness (QED) is 0.750. The molecule has 0 fully saturated rings. The van der Waals surface area contributed by atoms with Gasteiger partial charge in [0.1, 0.15) is 5.82 Å². The number of allylic oxidation sites excluding steroid dienone is 1. The van der Waals surface area contributed by atoms with Crippen LogP contribution in [0, 0.1) is 12.7 Å². The minimum Gasteiger partial charge on any atom is -0.317 e. The zero-order chi connectivity index (χ0) is 12.0. The molecule has 1 aromatic rings. The molecule has 0 spiro atoms. The molecule has 0 aliphatic rings. The van der Waals surface area contributed by atoms with Crippen molar-refractivity contribution in [3.05, 3.63) is 41.2 Å². The fourth-order valence-corrected chi connectivity index (χ4v) is 1.52. The zero-order valence-corrected chi connectivity index (χ0v) is 10.3. The van der Waals surface area contributed by atoms with Crippen molar-refractivity contribution in [2.24, 2.45) is 0 Å². The van der Waals surface area contributed by atoms with Gasteiger partial charge in [-0.25, -0.2) is 4.39 Å². The van der Waals surface area contributed by atoms with Crippen LogP contribution in [-0.4, -0.2) is 13.1 Å². The molecule has 88 valence electrons. The number of halogens is 1. The molecule has 0 bridgehead atoms. The van der Waals surface area contributed by atoms with E-state index in [9.17, 15) is 4.39 Å². The Hall–Kier alpha value is -1.15. The number of hydrogen-bond donors (Lipinski definition) is 1. The molecule has 0 radical (unpaired) electrons. The van der Waals surface area contributed by atoms with E-state index in [1.807, 2.05) is 19.1 Å². The molecule has 0 heterocycles. The van der Waals surface area contributed by atoms with Crippen LogP contribution in [0.4, 0.5) is 4.39 Å². The lowest BCUT2D eigenvalue weighted by Crippen LogP contribution is -2.13. The third-order valence-electron chi connectivity index (χ3n) is 2.65. The first kappa shape index (κ1) is 12.9. The molecule has 0 saturated heterocycles. The van der Waals surface area contributed by atoms with Crippen molar-refractivity contribution in [3.63, 3.8) is 0 Å². The Morgan fingerprint density at radius 3 is 2.81 bits per heavy atom. The highest BCUT2D eigenvalue weighted by Crippen LogP contribution is 2.17. The van der Waals surface area contributed by atoms with Crippen LogP contribution in [0.25, 0.3) is 5.57 Å². The van der Waals surface area contributed by atoms with E-state index in [0.717, 1.165) is 30.6 Å². The maximum absolute atomic E-state index is 13.3. The van der Waals surface area contributed by atoms with E-state index in [2.05, 4.69) is 18.3 Å². The average Bonchev–Trinajstić information content (AvgIpc) is 2.28. The SMILES string of the molecule is CCNCC/C=C(/C)c1ccc(C)c(F)c1. The molecule has 2 heteroatoms. The van der Waals surface area contributed by atoms with Gasteiger partial charge >= 0.3 is 0 Å². The summed E-state index contributed by atoms with van der Waals surface area (Å²) in [4.78, 5) is 0. The van der Waals surface area contributed by atoms with Crippen molar-refractivity contribution in [1.82, 2.24) is 5.32 Å². The van der Waals surface area contributed by atoms with Crippen molar-refractivity contribution >= 4 is 5.57 Å². The van der Waals surface area contributed by atoms with E-state index in [4.69, 9.17) is 0 Å². The number of nitrogens with one attached hydrogen (secondary N) is 1. The summed E-state index contributed by atoms with van der Waals surface area (Å²) in [5.41, 5.74) is 2.81. The van der Waals surface area contributed by atoms with Crippen LogP contribution in [0.2, 0.25) is 0 Å². The summed E-state index contributed by atoms with van der Waals surface area (Å²) in [7, 11) is 0. The number of aryl methyl sites for hydroxylation is 1. The molecule has 0 aromatic heterocycles. The molecule has 0 aliphatic carbocycles. The summed E-state index contributed by atoms with van der Waals surface area (Å²) < 4.78 is 13.3. The Morgan fingerprint density at radius 2 is 2.19 bits per heavy atom. The Morgan fingerprint density at radius 1 is 1.44 bits per heavy atom. The second-order valence-electron chi connectivity index (χ2n) is 3.99. The molecule has 1 nitrogen and oxygen atoms in total. The average molecular weight is 221 g/mol. The molecule has 0 aliphatic heterocycles. The Balaban J connectivity index is 2.64. The molecule has 16 heavy (non-hydrogen) atoms. The first-order valence-corrected chi connectivity index (χ1v) is 5.79. The van der Waals surface area contributed by atoms with Crippen molar-refractivity contribution in [2.45, 2.75) is 27.2 Å². The van der Waals surface area contributed by atoms with E-state index in [1.54, 1.807) is 13.0 Å². The highest BCUT2D eigenvalue weighted by molar-refractivity contribution is 5.63. The fraction of sp³-hybridized carbons (Fsp3) is 0.429. The van der Waals surface area contributed by atoms with Gasteiger partial charge in [-0.05, 0) is 56.1 Å². The molecule has 0 saturated carbocycles. The maximum Gasteiger partial charge on any atom is 0.126 e. The van der Waals surface area contributed by atoms with Gasteiger partial charge in [0.2, 0.25) is 0 Å². The third kappa shape index (κ3) is 3.78. The Bertz CT molecular complexity index is 369. The lowest BCUT2D eigenvalue weighted by atomic mass is 10.0. The van der Waals surface area contributed by atoms with Crippen LogP contribution < -0.4 is 5.32 Å². The smallest absolute Gasteiger partial charge is 0.126 e. The van der Waals surface area contributed by atoms with Gasteiger partial charge in [-0.15, -0.1) is 0 Å². The van der Waals surface area contributed by atoms with Crippen LogP contribution in [0.1, 0.15) is 31.4 Å². The predicted molar refractivity (Wildman–Crippen MR) is 67.9 cm³/mol. The minimum atomic E-state index is -0.128. The minimum absolute atomic E-state index is 0.128. The van der Waals surface area contributed by atoms with Gasteiger partial charge in [0.15, 0.2) is 0 Å². The number of hydrogen-bond acceptors (Lipinski definition) is 1. The van der Waals surface area contributed by atoms with Crippen LogP contribution >= 0.6 is 0 Å². The van der Waals surface area contributed by atoms with Crippen LogP contribution in [-0.2, 0) is 0 Å². The first-order valence-electron chi connectivity index (χ1n) is 5.79. The molecule has 1 aromatic carbocycles. The lowest BCUT2D eigenvalue weighted by Gasteiger charge is -2.04. The van der Waals surface area contributed by atoms with Gasteiger partial charge in [-0.1, -0.05) is 25.1 Å². The van der Waals surface area contributed by atoms with E-state index in [-0.39, 0.29) is 5.82 Å². The first-order chi connectivity index (χ1) is 7.65. The van der Waals surface area contributed by atoms with Gasteiger partial charge in [-0.2, -0.15) is 0 Å². The van der Waals surface area contributed by atoms with E-state index in [0.29, 0.717) is 5.56 Å². The molecular formula is C14H20FN. The molecule has 0 unspecified atom stereocenters. The molecule has 1 N–H and O–H groups in total. The second-order valence-corrected chi connectivity index (χ2v) is 3.99. The number of rotatable bonds is 5. The van der Waals surface area contributed by atoms with Gasteiger partial charge in [0.25, 0.3) is 0 Å². The summed E-state index contributed by atoms with van der Waals surface area (Å²) in [5, 5.41) is 3.26. The van der Waals surface area contributed by atoms with Crippen molar-refractivity contribution in [1.29, 1.82) is 0 Å². The van der Waals surface area contributed by atoms with Crippen molar-refractivity contribution < 1.29 is 4.39 Å². The van der Waals surface area contributed by atoms with Gasteiger partial charge in [0.05, 0.1) is 0 Å². The molecular weight excluding hydrogens is 201 g/mol. The Labute approximate surface area is 97.4 Å². The van der Waals surface area contributed by atoms with E-state index in [1.165, 1.54) is 0 Å². The molecule has 0 atom stereocenters. The zero-order valence-electron chi connectivity index (χ0n) is 10.3. The predicted octanol–water partition coefficient (Wildman–Crippen LogP) is 3.54. The fourth-order valence-electron chi connectivity index (χ4n) is 1.52. The molecule has 1 rings (SSSR count). The normalized spacial score (nSPS) is 11.9. The van der Waals surface area contributed by atoms with Gasteiger partial charge < -0.3 is 5.32 Å². The van der Waals surface area contributed by atoms with E-state index < -0.39 is 0 Å². The monoisotopic (exact) mass is 221 g/mol. The largest absolute Gasteiger partial charge is 0.317 e. The van der Waals surface area contributed by atoms with Crippen LogP contribution in [0.3, 0.4) is 0 Å². The lowest BCUT2D eigenvalue weighted by molar-refractivity contribution is 0.618.